The van der Waals surface area contributed by atoms with E-state index in [0.717, 1.165) is 5.56 Å². The van der Waals surface area contributed by atoms with E-state index in [0.29, 0.717) is 6.42 Å². The Morgan fingerprint density at radius 3 is 1.62 bits per heavy atom. The maximum atomic E-state index is 14.2. The zero-order valence-corrected chi connectivity index (χ0v) is 19.5. The van der Waals surface area contributed by atoms with Crippen molar-refractivity contribution in [2.24, 2.45) is 0 Å². The summed E-state index contributed by atoms with van der Waals surface area (Å²) < 4.78 is 173. The number of hydrogen-bond donors (Lipinski definition) is 2. The van der Waals surface area contributed by atoms with E-state index >= 15 is 0 Å². The van der Waals surface area contributed by atoms with Crippen LogP contribution in [-0.4, -0.2) is 59.7 Å². The van der Waals surface area contributed by atoms with Crippen LogP contribution < -0.4 is 10.6 Å². The number of halogens is 13. The Balaban J connectivity index is 2.20. The Bertz CT molecular complexity index is 1010. The highest BCUT2D eigenvalue weighted by Gasteiger charge is 2.91. The normalized spacial score (nSPS) is 19.9. The maximum Gasteiger partial charge on any atom is 0.460 e. The van der Waals surface area contributed by atoms with Crippen molar-refractivity contribution in [1.82, 2.24) is 10.6 Å². The number of benzene rings is 1. The number of carbonyl (C=O) groups is 2. The van der Waals surface area contributed by atoms with Crippen molar-refractivity contribution in [2.75, 3.05) is 0 Å². The van der Waals surface area contributed by atoms with Gasteiger partial charge in [0.05, 0.1) is 0 Å². The van der Waals surface area contributed by atoms with E-state index in [2.05, 4.69) is 5.32 Å². The average Bonchev–Trinajstić information content (AvgIpc) is 2.83. The molecule has 2 N–H and O–H groups in total. The van der Waals surface area contributed by atoms with Crippen molar-refractivity contribution in [3.8, 4) is 0 Å². The third-order valence-corrected chi connectivity index (χ3v) is 6.13. The Labute approximate surface area is 212 Å². The van der Waals surface area contributed by atoms with Crippen LogP contribution >= 0.6 is 0 Å². The lowest BCUT2D eigenvalue weighted by molar-refractivity contribution is -0.436. The lowest BCUT2D eigenvalue weighted by Gasteiger charge is -2.40. The van der Waals surface area contributed by atoms with Gasteiger partial charge in [-0.1, -0.05) is 43.2 Å². The summed E-state index contributed by atoms with van der Waals surface area (Å²) in [6, 6.07) is 5.62. The quantitative estimate of drug-likeness (QED) is 0.333. The minimum atomic E-state index is -8.09. The van der Waals surface area contributed by atoms with Gasteiger partial charge in [0.25, 0.3) is 5.91 Å². The van der Waals surface area contributed by atoms with Crippen molar-refractivity contribution in [1.29, 1.82) is 0 Å². The first kappa shape index (κ1) is 32.5. The lowest BCUT2D eigenvalue weighted by atomic mass is 9.89. The molecule has 1 aromatic rings. The van der Waals surface area contributed by atoms with Gasteiger partial charge < -0.3 is 10.6 Å². The van der Waals surface area contributed by atoms with Crippen molar-refractivity contribution >= 4 is 11.8 Å². The number of nitrogens with one attached hydrogen (secondary N) is 2. The molecule has 0 aliphatic heterocycles. The molecule has 1 aliphatic rings. The zero-order chi connectivity index (χ0) is 30.1. The van der Waals surface area contributed by atoms with Gasteiger partial charge in [-0.15, -0.1) is 0 Å². The van der Waals surface area contributed by atoms with Crippen molar-refractivity contribution in [2.45, 2.75) is 86.4 Å². The summed E-state index contributed by atoms with van der Waals surface area (Å²) in [6.07, 6.45) is -7.29. The summed E-state index contributed by atoms with van der Waals surface area (Å²) >= 11 is 0. The fourth-order valence-corrected chi connectivity index (χ4v) is 3.83. The smallest absolute Gasteiger partial charge is 0.351 e. The van der Waals surface area contributed by atoms with Gasteiger partial charge in [-0.05, 0) is 24.8 Å². The number of carbonyl (C=O) groups excluding carboxylic acids is 2. The van der Waals surface area contributed by atoms with E-state index in [1.165, 1.54) is 5.32 Å². The molecular formula is C22H21F13N2O2. The fourth-order valence-electron chi connectivity index (χ4n) is 3.83. The van der Waals surface area contributed by atoms with Gasteiger partial charge in [-0.25, -0.2) is 0 Å². The van der Waals surface area contributed by atoms with Crippen LogP contribution in [0.25, 0.3) is 0 Å². The van der Waals surface area contributed by atoms with Crippen LogP contribution in [0.4, 0.5) is 57.1 Å². The van der Waals surface area contributed by atoms with Crippen LogP contribution in [0.2, 0.25) is 0 Å². The van der Waals surface area contributed by atoms with Gasteiger partial charge >= 0.3 is 35.8 Å². The number of hydrogen-bond acceptors (Lipinski definition) is 2. The van der Waals surface area contributed by atoms with Crippen LogP contribution in [0.5, 0.6) is 0 Å². The predicted molar refractivity (Wildman–Crippen MR) is 108 cm³/mol. The molecule has 1 aromatic carbocycles. The molecule has 2 atom stereocenters. The third-order valence-electron chi connectivity index (χ3n) is 6.13. The number of amides is 2. The van der Waals surface area contributed by atoms with Crippen LogP contribution in [0.1, 0.15) is 37.7 Å². The molecule has 1 saturated carbocycles. The van der Waals surface area contributed by atoms with Gasteiger partial charge in [-0.2, -0.15) is 57.1 Å². The van der Waals surface area contributed by atoms with Crippen molar-refractivity contribution in [3.63, 3.8) is 0 Å². The molecule has 0 heterocycles. The summed E-state index contributed by atoms with van der Waals surface area (Å²) in [6.45, 7) is 0. The molecule has 17 heteroatoms. The molecule has 222 valence electrons. The first-order chi connectivity index (χ1) is 17.6. The fraction of sp³-hybridized carbons (Fsp3) is 0.636. The largest absolute Gasteiger partial charge is 0.460 e. The summed E-state index contributed by atoms with van der Waals surface area (Å²) in [4.78, 5) is 24.2. The molecule has 2 rings (SSSR count). The zero-order valence-electron chi connectivity index (χ0n) is 19.5. The number of aryl methyl sites for hydroxylation is 1. The summed E-state index contributed by atoms with van der Waals surface area (Å²) in [5.41, 5.74) is 0.733. The number of rotatable bonds is 10. The predicted octanol–water partition coefficient (Wildman–Crippen LogP) is 5.90. The van der Waals surface area contributed by atoms with Crippen molar-refractivity contribution in [3.05, 3.63) is 35.9 Å². The minimum absolute atomic E-state index is 0.0178. The van der Waals surface area contributed by atoms with E-state index in [4.69, 9.17) is 0 Å². The highest BCUT2D eigenvalue weighted by molar-refractivity contribution is 5.85. The third kappa shape index (κ3) is 6.05. The highest BCUT2D eigenvalue weighted by Crippen LogP contribution is 2.60. The second-order valence-electron chi connectivity index (χ2n) is 8.89. The second kappa shape index (κ2) is 11.0. The summed E-state index contributed by atoms with van der Waals surface area (Å²) in [5.74, 6) is -42.6. The van der Waals surface area contributed by atoms with Gasteiger partial charge in [0, 0.05) is 18.5 Å². The van der Waals surface area contributed by atoms with Gasteiger partial charge in [-0.3, -0.25) is 9.59 Å². The minimum Gasteiger partial charge on any atom is -0.351 e. The SMILES string of the molecule is O=C(CCc1ccccc1)N[C@@H]1CCCC[C@H]1NC(=O)C(F)(F)C(F)(F)C(F)(F)C(F)(F)C(F)(F)C(F)(F)F. The monoisotopic (exact) mass is 592 g/mol. The van der Waals surface area contributed by atoms with Crippen LogP contribution in [0, 0.1) is 0 Å². The van der Waals surface area contributed by atoms with Crippen LogP contribution in [-0.2, 0) is 16.0 Å². The van der Waals surface area contributed by atoms with E-state index in [-0.39, 0.29) is 32.1 Å². The van der Waals surface area contributed by atoms with Gasteiger partial charge in [0.2, 0.25) is 5.91 Å². The molecule has 0 spiro atoms. The standard InChI is InChI=1S/C22H21F13N2O2/c23-17(24,18(25,26)19(27,28)20(29,30)21(31,32)22(33,34)35)16(39)37-14-9-5-4-8-13(14)36-15(38)11-10-12-6-2-1-3-7-12/h1-3,6-7,13-14H,4-5,8-11H2,(H,36,38)(H,37,39)/t13-,14-/m1/s1. The topological polar surface area (TPSA) is 58.2 Å². The highest BCUT2D eigenvalue weighted by atomic mass is 19.4. The lowest BCUT2D eigenvalue weighted by Crippen LogP contribution is -2.72. The molecule has 0 radical (unpaired) electrons. The Morgan fingerprint density at radius 2 is 1.13 bits per heavy atom. The first-order valence-electron chi connectivity index (χ1n) is 11.2. The number of alkyl halides is 13. The molecule has 0 unspecified atom stereocenters. The maximum absolute atomic E-state index is 14.2. The Morgan fingerprint density at radius 1 is 0.667 bits per heavy atom. The summed E-state index contributed by atoms with van der Waals surface area (Å²) in [7, 11) is 0. The Kier molecular flexibility index (Phi) is 9.17. The molecule has 39 heavy (non-hydrogen) atoms. The molecule has 1 fully saturated rings. The molecular weight excluding hydrogens is 571 g/mol. The average molecular weight is 592 g/mol. The second-order valence-corrected chi connectivity index (χ2v) is 8.89. The van der Waals surface area contributed by atoms with Gasteiger partial charge in [0.15, 0.2) is 0 Å². The van der Waals surface area contributed by atoms with Crippen molar-refractivity contribution < 1.29 is 66.7 Å². The van der Waals surface area contributed by atoms with Crippen LogP contribution in [0.3, 0.4) is 0 Å². The molecule has 0 bridgehead atoms. The Hall–Kier alpha value is -2.75. The van der Waals surface area contributed by atoms with Crippen LogP contribution in [0.15, 0.2) is 30.3 Å². The molecule has 1 aliphatic carbocycles. The first-order valence-corrected chi connectivity index (χ1v) is 11.2. The molecule has 0 aromatic heterocycles. The van der Waals surface area contributed by atoms with E-state index in [9.17, 15) is 66.7 Å². The molecule has 2 amide bonds. The summed E-state index contributed by atoms with van der Waals surface area (Å²) in [5, 5.41) is 3.56. The van der Waals surface area contributed by atoms with Gasteiger partial charge in [0.1, 0.15) is 0 Å². The molecule has 4 nitrogen and oxygen atoms in total. The molecule has 0 saturated heterocycles. The van der Waals surface area contributed by atoms with E-state index < -0.39 is 59.7 Å². The van der Waals surface area contributed by atoms with E-state index in [1.807, 2.05) is 0 Å². The van der Waals surface area contributed by atoms with E-state index in [1.54, 1.807) is 30.3 Å².